The number of nitrogens with zero attached hydrogens (tertiary/aromatic N) is 1. The van der Waals surface area contributed by atoms with E-state index in [4.69, 9.17) is 14.2 Å². The average Bonchev–Trinajstić information content (AvgIpc) is 3.35. The maximum absolute atomic E-state index is 15.7. The van der Waals surface area contributed by atoms with Crippen LogP contribution in [0.5, 0.6) is 11.5 Å². The van der Waals surface area contributed by atoms with Gasteiger partial charge in [-0.2, -0.15) is 0 Å². The topological polar surface area (TPSA) is 65.1 Å². The van der Waals surface area contributed by atoms with Gasteiger partial charge in [-0.25, -0.2) is 0 Å². The highest BCUT2D eigenvalue weighted by atomic mass is 16.5. The van der Waals surface area contributed by atoms with Crippen molar-refractivity contribution in [2.45, 2.75) is 63.7 Å². The summed E-state index contributed by atoms with van der Waals surface area (Å²) >= 11 is 0. The zero-order valence-electron chi connectivity index (χ0n) is 28.2. The number of fused-ring (bicyclic) bond motifs is 2. The summed E-state index contributed by atoms with van der Waals surface area (Å²) in [6.07, 6.45) is 1.39. The minimum atomic E-state index is -1.43. The number of esters is 1. The van der Waals surface area contributed by atoms with Gasteiger partial charge in [-0.05, 0) is 73.6 Å². The first kappa shape index (κ1) is 32.2. The summed E-state index contributed by atoms with van der Waals surface area (Å²) in [5.41, 5.74) is 4.24. The maximum Gasteiger partial charge on any atom is 0.307 e. The number of benzene rings is 5. The molecule has 1 amide bonds. The first-order valence-electron chi connectivity index (χ1n) is 17.0. The molecule has 6 nitrogen and oxygen atoms in total. The second-order valence-corrected chi connectivity index (χ2v) is 13.4. The van der Waals surface area contributed by atoms with E-state index in [-0.39, 0.29) is 31.1 Å². The molecule has 7 rings (SSSR count). The summed E-state index contributed by atoms with van der Waals surface area (Å²) in [4.78, 5) is 31.4. The molecule has 5 aromatic rings. The van der Waals surface area contributed by atoms with Crippen LogP contribution in [-0.2, 0) is 32.8 Å². The molecule has 0 saturated heterocycles. The van der Waals surface area contributed by atoms with Gasteiger partial charge in [0.2, 0.25) is 5.91 Å². The standard InChI is InChI=1S/C43H41NO5/c1-4-47-39(45)28-43(35-26-33-24-25-42(2,3)49-37(33)27-38(35)48-29-30-16-8-5-9-17-30)34-22-14-15-23-36(34)44(41(43)46)40(31-18-10-6-11-19-31)32-20-12-7-13-21-32/h5-23,26-27,40H,4,24-25,28-29H2,1-3H3. The Morgan fingerprint density at radius 3 is 2.08 bits per heavy atom. The van der Waals surface area contributed by atoms with Crippen molar-refractivity contribution in [2.24, 2.45) is 0 Å². The van der Waals surface area contributed by atoms with Crippen LogP contribution < -0.4 is 14.4 Å². The number of carbonyl (C=O) groups is 2. The molecule has 0 saturated carbocycles. The third-order valence-corrected chi connectivity index (χ3v) is 9.65. The molecule has 0 spiro atoms. The van der Waals surface area contributed by atoms with Gasteiger partial charge in [0.1, 0.15) is 29.1 Å². The zero-order valence-corrected chi connectivity index (χ0v) is 28.2. The van der Waals surface area contributed by atoms with E-state index in [1.54, 1.807) is 6.92 Å². The lowest BCUT2D eigenvalue weighted by molar-refractivity contribution is -0.146. The van der Waals surface area contributed by atoms with Gasteiger partial charge in [0, 0.05) is 17.3 Å². The Morgan fingerprint density at radius 2 is 1.43 bits per heavy atom. The second-order valence-electron chi connectivity index (χ2n) is 13.4. The molecule has 2 aliphatic heterocycles. The van der Waals surface area contributed by atoms with E-state index in [0.717, 1.165) is 52.1 Å². The van der Waals surface area contributed by atoms with Gasteiger partial charge in [-0.1, -0.05) is 109 Å². The molecule has 5 aromatic carbocycles. The van der Waals surface area contributed by atoms with E-state index in [9.17, 15) is 4.79 Å². The van der Waals surface area contributed by atoms with Crippen molar-refractivity contribution in [1.29, 1.82) is 0 Å². The summed E-state index contributed by atoms with van der Waals surface area (Å²) in [7, 11) is 0. The molecular weight excluding hydrogens is 610 g/mol. The van der Waals surface area contributed by atoms with Crippen LogP contribution in [0.2, 0.25) is 0 Å². The van der Waals surface area contributed by atoms with Crippen LogP contribution in [-0.4, -0.2) is 24.1 Å². The van der Waals surface area contributed by atoms with Gasteiger partial charge >= 0.3 is 5.97 Å². The average molecular weight is 652 g/mol. The SMILES string of the molecule is CCOC(=O)CC1(c2cc3c(cc2OCc2ccccc2)OC(C)(C)CC3)C(=O)N(C(c2ccccc2)c2ccccc2)c2ccccc21. The highest BCUT2D eigenvalue weighted by Crippen LogP contribution is 2.55. The van der Waals surface area contributed by atoms with Gasteiger partial charge in [0.15, 0.2) is 0 Å². The molecule has 2 aliphatic rings. The number of carbonyl (C=O) groups excluding carboxylic acids is 2. The van der Waals surface area contributed by atoms with Crippen molar-refractivity contribution in [3.05, 3.63) is 161 Å². The third kappa shape index (κ3) is 6.08. The lowest BCUT2D eigenvalue weighted by Crippen LogP contribution is -2.45. The van der Waals surface area contributed by atoms with E-state index in [1.165, 1.54) is 0 Å². The quantitative estimate of drug-likeness (QED) is 0.141. The highest BCUT2D eigenvalue weighted by molar-refractivity contribution is 6.13. The van der Waals surface area contributed by atoms with E-state index >= 15 is 4.79 Å². The number of ether oxygens (including phenoxy) is 3. The van der Waals surface area contributed by atoms with Gasteiger partial charge in [0.25, 0.3) is 0 Å². The van der Waals surface area contributed by atoms with Gasteiger partial charge in [0.05, 0.1) is 19.1 Å². The molecule has 1 unspecified atom stereocenters. The Morgan fingerprint density at radius 1 is 0.816 bits per heavy atom. The fraction of sp³-hybridized carbons (Fsp3) is 0.256. The monoisotopic (exact) mass is 651 g/mol. The molecule has 0 aliphatic carbocycles. The lowest BCUT2D eigenvalue weighted by Gasteiger charge is -2.36. The molecule has 1 atom stereocenters. The number of aryl methyl sites for hydroxylation is 1. The predicted octanol–water partition coefficient (Wildman–Crippen LogP) is 8.74. The van der Waals surface area contributed by atoms with Crippen molar-refractivity contribution >= 4 is 17.6 Å². The fourth-order valence-corrected chi connectivity index (χ4v) is 7.32. The Hall–Kier alpha value is -5.36. The van der Waals surface area contributed by atoms with Gasteiger partial charge in [-0.15, -0.1) is 0 Å². The van der Waals surface area contributed by atoms with E-state index in [2.05, 4.69) is 13.8 Å². The minimum Gasteiger partial charge on any atom is -0.488 e. The molecule has 0 bridgehead atoms. The highest BCUT2D eigenvalue weighted by Gasteiger charge is 2.57. The zero-order chi connectivity index (χ0) is 34.0. The molecule has 0 radical (unpaired) electrons. The summed E-state index contributed by atoms with van der Waals surface area (Å²) in [5.74, 6) is 0.579. The molecule has 248 valence electrons. The summed E-state index contributed by atoms with van der Waals surface area (Å²) in [6, 6.07) is 41.4. The van der Waals surface area contributed by atoms with Crippen LogP contribution in [0.3, 0.4) is 0 Å². The largest absolute Gasteiger partial charge is 0.488 e. The smallest absolute Gasteiger partial charge is 0.307 e. The van der Waals surface area contributed by atoms with Crippen LogP contribution in [0.25, 0.3) is 0 Å². The van der Waals surface area contributed by atoms with Crippen LogP contribution in [0.4, 0.5) is 5.69 Å². The first-order valence-corrected chi connectivity index (χ1v) is 17.0. The van der Waals surface area contributed by atoms with Crippen LogP contribution in [0.15, 0.2) is 127 Å². The Balaban J connectivity index is 1.47. The van der Waals surface area contributed by atoms with Crippen molar-refractivity contribution in [3.8, 4) is 11.5 Å². The molecular formula is C43H41NO5. The van der Waals surface area contributed by atoms with Gasteiger partial charge < -0.3 is 14.2 Å². The van der Waals surface area contributed by atoms with Crippen LogP contribution >= 0.6 is 0 Å². The first-order chi connectivity index (χ1) is 23.8. The summed E-state index contributed by atoms with van der Waals surface area (Å²) in [5, 5.41) is 0. The number of hydrogen-bond acceptors (Lipinski definition) is 5. The number of rotatable bonds is 10. The molecule has 0 N–H and O–H groups in total. The lowest BCUT2D eigenvalue weighted by atomic mass is 9.71. The Bertz CT molecular complexity index is 1920. The third-order valence-electron chi connectivity index (χ3n) is 9.65. The molecule has 49 heavy (non-hydrogen) atoms. The van der Waals surface area contributed by atoms with Crippen LogP contribution in [0.1, 0.15) is 73.0 Å². The van der Waals surface area contributed by atoms with E-state index in [1.807, 2.05) is 132 Å². The number of amides is 1. The maximum atomic E-state index is 15.7. The fourth-order valence-electron chi connectivity index (χ4n) is 7.32. The Labute approximate surface area is 288 Å². The number of para-hydroxylation sites is 1. The van der Waals surface area contributed by atoms with Crippen LogP contribution in [0, 0.1) is 0 Å². The Kier molecular flexibility index (Phi) is 8.72. The predicted molar refractivity (Wildman–Crippen MR) is 191 cm³/mol. The molecule has 2 heterocycles. The summed E-state index contributed by atoms with van der Waals surface area (Å²) in [6.45, 7) is 6.43. The van der Waals surface area contributed by atoms with Gasteiger partial charge in [-0.3, -0.25) is 14.5 Å². The molecule has 0 aromatic heterocycles. The second kappa shape index (κ2) is 13.3. The van der Waals surface area contributed by atoms with E-state index < -0.39 is 17.4 Å². The van der Waals surface area contributed by atoms with Crippen molar-refractivity contribution in [1.82, 2.24) is 0 Å². The number of hydrogen-bond donors (Lipinski definition) is 0. The molecule has 0 fully saturated rings. The summed E-state index contributed by atoms with van der Waals surface area (Å²) < 4.78 is 18.8. The van der Waals surface area contributed by atoms with Crippen molar-refractivity contribution in [3.63, 3.8) is 0 Å². The minimum absolute atomic E-state index is 0.184. The van der Waals surface area contributed by atoms with Crippen molar-refractivity contribution in [2.75, 3.05) is 11.5 Å². The molecule has 6 heteroatoms. The van der Waals surface area contributed by atoms with Crippen molar-refractivity contribution < 1.29 is 23.8 Å². The van der Waals surface area contributed by atoms with E-state index in [0.29, 0.717) is 11.3 Å². The number of anilines is 1. The normalized spacial score (nSPS) is 17.6.